The highest BCUT2D eigenvalue weighted by Gasteiger charge is 2.23. The van der Waals surface area contributed by atoms with Crippen molar-refractivity contribution in [2.75, 3.05) is 17.2 Å². The van der Waals surface area contributed by atoms with Crippen molar-refractivity contribution in [1.29, 1.82) is 0 Å². The molecular formula is C17H20N2O3. The minimum atomic E-state index is -0.351. The molecule has 2 rings (SSSR count). The Hall–Kier alpha value is -2.40. The van der Waals surface area contributed by atoms with Gasteiger partial charge in [0.25, 0.3) is 5.91 Å². The van der Waals surface area contributed by atoms with Crippen molar-refractivity contribution >= 4 is 23.2 Å². The maximum Gasteiger partial charge on any atom is 0.253 e. The van der Waals surface area contributed by atoms with Gasteiger partial charge in [-0.2, -0.15) is 0 Å². The Labute approximate surface area is 130 Å². The summed E-state index contributed by atoms with van der Waals surface area (Å²) in [4.78, 5) is 23.5. The molecule has 5 nitrogen and oxygen atoms in total. The molecule has 1 fully saturated rings. The number of carbonyl (C=O) groups is 2. The van der Waals surface area contributed by atoms with Crippen LogP contribution >= 0.6 is 0 Å². The number of hydrogen-bond donors (Lipinski definition) is 2. The van der Waals surface area contributed by atoms with E-state index in [-0.39, 0.29) is 17.9 Å². The number of ether oxygens (including phenoxy) is 1. The summed E-state index contributed by atoms with van der Waals surface area (Å²) in [5, 5.41) is 5.55. The summed E-state index contributed by atoms with van der Waals surface area (Å²) >= 11 is 0. The van der Waals surface area contributed by atoms with Gasteiger partial charge in [-0.3, -0.25) is 9.59 Å². The second-order valence-corrected chi connectivity index (χ2v) is 4.94. The van der Waals surface area contributed by atoms with Crippen LogP contribution in [-0.2, 0) is 14.3 Å². The Bertz CT molecular complexity index is 570. The van der Waals surface area contributed by atoms with Crippen molar-refractivity contribution in [3.63, 3.8) is 0 Å². The van der Waals surface area contributed by atoms with Crippen LogP contribution in [0, 0.1) is 0 Å². The van der Waals surface area contributed by atoms with Crippen LogP contribution < -0.4 is 10.6 Å². The van der Waals surface area contributed by atoms with Crippen LogP contribution in [0.3, 0.4) is 0 Å². The number of nitrogens with one attached hydrogen (secondary N) is 2. The lowest BCUT2D eigenvalue weighted by Crippen LogP contribution is -2.26. The van der Waals surface area contributed by atoms with Crippen LogP contribution in [0.1, 0.15) is 19.8 Å². The molecule has 0 aliphatic carbocycles. The predicted octanol–water partition coefficient (Wildman–Crippen LogP) is 2.87. The lowest BCUT2D eigenvalue weighted by atomic mass is 10.2. The zero-order valence-electron chi connectivity index (χ0n) is 12.5. The van der Waals surface area contributed by atoms with E-state index in [1.165, 1.54) is 6.08 Å². The highest BCUT2D eigenvalue weighted by molar-refractivity contribution is 6.00. The molecule has 22 heavy (non-hydrogen) atoms. The largest absolute Gasteiger partial charge is 0.368 e. The monoisotopic (exact) mass is 300 g/mol. The molecule has 0 spiro atoms. The van der Waals surface area contributed by atoms with Gasteiger partial charge in [-0.25, -0.2) is 0 Å². The zero-order chi connectivity index (χ0) is 15.8. The van der Waals surface area contributed by atoms with Gasteiger partial charge in [0.15, 0.2) is 0 Å². The second-order valence-electron chi connectivity index (χ2n) is 4.94. The number of benzene rings is 1. The highest BCUT2D eigenvalue weighted by atomic mass is 16.5. The highest BCUT2D eigenvalue weighted by Crippen LogP contribution is 2.17. The summed E-state index contributed by atoms with van der Waals surface area (Å²) in [6, 6.07) is 6.98. The topological polar surface area (TPSA) is 67.4 Å². The number of anilines is 2. The molecule has 1 unspecified atom stereocenters. The molecule has 0 saturated carbocycles. The molecule has 0 bridgehead atoms. The van der Waals surface area contributed by atoms with Gasteiger partial charge in [0.05, 0.1) is 0 Å². The molecule has 1 aromatic carbocycles. The third-order valence-corrected chi connectivity index (χ3v) is 3.19. The molecule has 1 saturated heterocycles. The van der Waals surface area contributed by atoms with Crippen molar-refractivity contribution in [2.45, 2.75) is 25.9 Å². The number of rotatable bonds is 5. The summed E-state index contributed by atoms with van der Waals surface area (Å²) in [5.41, 5.74) is 1.35. The second kappa shape index (κ2) is 8.14. The number of allylic oxidation sites excluding steroid dienone is 3. The molecular weight excluding hydrogens is 280 g/mol. The average Bonchev–Trinajstić information content (AvgIpc) is 3.04. The summed E-state index contributed by atoms with van der Waals surface area (Å²) in [6.07, 6.45) is 8.08. The van der Waals surface area contributed by atoms with E-state index in [0.717, 1.165) is 12.8 Å². The van der Waals surface area contributed by atoms with E-state index in [1.54, 1.807) is 36.4 Å². The molecule has 0 radical (unpaired) electrons. The van der Waals surface area contributed by atoms with Gasteiger partial charge < -0.3 is 15.4 Å². The van der Waals surface area contributed by atoms with E-state index in [1.807, 2.05) is 13.0 Å². The Balaban J connectivity index is 1.87. The van der Waals surface area contributed by atoms with Crippen molar-refractivity contribution in [3.05, 3.63) is 48.6 Å². The van der Waals surface area contributed by atoms with Gasteiger partial charge in [0.2, 0.25) is 5.91 Å². The van der Waals surface area contributed by atoms with Crippen LogP contribution in [0.2, 0.25) is 0 Å². The fourth-order valence-corrected chi connectivity index (χ4v) is 2.08. The fraction of sp³-hybridized carbons (Fsp3) is 0.294. The average molecular weight is 300 g/mol. The van der Waals surface area contributed by atoms with E-state index in [0.29, 0.717) is 18.0 Å². The minimum Gasteiger partial charge on any atom is -0.368 e. The van der Waals surface area contributed by atoms with Gasteiger partial charge in [-0.15, -0.1) is 0 Å². The lowest BCUT2D eigenvalue weighted by Gasteiger charge is -2.11. The first kappa shape index (κ1) is 16.0. The van der Waals surface area contributed by atoms with Crippen molar-refractivity contribution in [1.82, 2.24) is 0 Å². The van der Waals surface area contributed by atoms with Crippen LogP contribution in [0.5, 0.6) is 0 Å². The minimum absolute atomic E-state index is 0.122. The molecule has 1 heterocycles. The van der Waals surface area contributed by atoms with Crippen LogP contribution in [-0.4, -0.2) is 24.5 Å². The Morgan fingerprint density at radius 1 is 1.14 bits per heavy atom. The number of amides is 2. The van der Waals surface area contributed by atoms with E-state index < -0.39 is 0 Å². The number of hydrogen-bond acceptors (Lipinski definition) is 3. The van der Waals surface area contributed by atoms with E-state index in [2.05, 4.69) is 10.6 Å². The summed E-state index contributed by atoms with van der Waals surface area (Å²) in [6.45, 7) is 2.52. The van der Waals surface area contributed by atoms with Crippen molar-refractivity contribution in [2.24, 2.45) is 0 Å². The molecule has 2 amide bonds. The quantitative estimate of drug-likeness (QED) is 0.649. The van der Waals surface area contributed by atoms with Crippen molar-refractivity contribution in [3.8, 4) is 0 Å². The predicted molar refractivity (Wildman–Crippen MR) is 86.6 cm³/mol. The summed E-state index contributed by atoms with van der Waals surface area (Å²) in [7, 11) is 0. The normalized spacial score (nSPS) is 18.0. The Morgan fingerprint density at radius 2 is 1.82 bits per heavy atom. The standard InChI is InChI=1S/C17H20N2O3/c1-2-3-4-7-16(20)18-13-8-10-14(11-9-13)19-17(21)15-6-5-12-22-15/h2-4,7-11,15H,5-6,12H2,1H3,(H,18,20)(H,19,21)/b3-2+,7-4+. The molecule has 1 atom stereocenters. The maximum absolute atomic E-state index is 11.9. The molecule has 1 aliphatic heterocycles. The lowest BCUT2D eigenvalue weighted by molar-refractivity contribution is -0.124. The summed E-state index contributed by atoms with van der Waals surface area (Å²) in [5.74, 6) is -0.321. The summed E-state index contributed by atoms with van der Waals surface area (Å²) < 4.78 is 5.33. The van der Waals surface area contributed by atoms with Crippen molar-refractivity contribution < 1.29 is 14.3 Å². The Morgan fingerprint density at radius 3 is 2.41 bits per heavy atom. The third-order valence-electron chi connectivity index (χ3n) is 3.19. The first-order valence-corrected chi connectivity index (χ1v) is 7.32. The Kier molecular flexibility index (Phi) is 5.91. The first-order chi connectivity index (χ1) is 10.7. The first-order valence-electron chi connectivity index (χ1n) is 7.32. The smallest absolute Gasteiger partial charge is 0.253 e. The number of carbonyl (C=O) groups excluding carboxylic acids is 2. The van der Waals surface area contributed by atoms with Crippen LogP contribution in [0.15, 0.2) is 48.6 Å². The van der Waals surface area contributed by atoms with Crippen LogP contribution in [0.25, 0.3) is 0 Å². The van der Waals surface area contributed by atoms with Crippen LogP contribution in [0.4, 0.5) is 11.4 Å². The molecule has 0 aromatic heterocycles. The van der Waals surface area contributed by atoms with E-state index >= 15 is 0 Å². The van der Waals surface area contributed by atoms with Gasteiger partial charge in [-0.05, 0) is 44.0 Å². The van der Waals surface area contributed by atoms with E-state index in [4.69, 9.17) is 4.74 Å². The third kappa shape index (κ3) is 4.86. The molecule has 1 aliphatic rings. The van der Waals surface area contributed by atoms with E-state index in [9.17, 15) is 9.59 Å². The zero-order valence-corrected chi connectivity index (χ0v) is 12.5. The molecule has 2 N–H and O–H groups in total. The van der Waals surface area contributed by atoms with Gasteiger partial charge >= 0.3 is 0 Å². The van der Waals surface area contributed by atoms with Gasteiger partial charge in [0, 0.05) is 24.1 Å². The van der Waals surface area contributed by atoms with Gasteiger partial charge in [0.1, 0.15) is 6.10 Å². The van der Waals surface area contributed by atoms with Gasteiger partial charge in [-0.1, -0.05) is 18.2 Å². The molecule has 5 heteroatoms. The fourth-order valence-electron chi connectivity index (χ4n) is 2.08. The SMILES string of the molecule is C/C=C/C=C/C(=O)Nc1ccc(NC(=O)C2CCCO2)cc1. The maximum atomic E-state index is 11.9. The molecule has 116 valence electrons. The molecule has 1 aromatic rings.